The smallest absolute Gasteiger partial charge is 0.270 e. The number of nitrogens with zero attached hydrogens (tertiary/aromatic N) is 3. The van der Waals surface area contributed by atoms with E-state index in [-0.39, 0.29) is 11.9 Å². The molecule has 0 aromatic carbocycles. The molecule has 0 aliphatic heterocycles. The van der Waals surface area contributed by atoms with Crippen LogP contribution in [0.5, 0.6) is 0 Å². The highest BCUT2D eigenvalue weighted by Gasteiger charge is 2.20. The molecule has 3 aromatic rings. The molecule has 1 fully saturated rings. The van der Waals surface area contributed by atoms with Crippen LogP contribution in [0, 0.1) is 0 Å². The van der Waals surface area contributed by atoms with Crippen LogP contribution in [0.25, 0.3) is 17.1 Å². The van der Waals surface area contributed by atoms with Gasteiger partial charge in [-0.15, -0.1) is 0 Å². The van der Waals surface area contributed by atoms with E-state index in [0.29, 0.717) is 17.1 Å². The van der Waals surface area contributed by atoms with Gasteiger partial charge in [0.15, 0.2) is 11.4 Å². The van der Waals surface area contributed by atoms with Crippen LogP contribution in [-0.4, -0.2) is 26.5 Å². The van der Waals surface area contributed by atoms with Gasteiger partial charge in [0.25, 0.3) is 5.91 Å². The summed E-state index contributed by atoms with van der Waals surface area (Å²) in [5.74, 6) is 0.597. The van der Waals surface area contributed by atoms with Gasteiger partial charge in [-0.25, -0.2) is 9.50 Å². The van der Waals surface area contributed by atoms with E-state index in [1.54, 1.807) is 10.8 Å². The van der Waals surface area contributed by atoms with Crippen molar-refractivity contribution in [2.45, 2.75) is 45.1 Å². The van der Waals surface area contributed by atoms with E-state index in [1.807, 2.05) is 31.2 Å². The van der Waals surface area contributed by atoms with Crippen LogP contribution in [0.4, 0.5) is 0 Å². The molecule has 6 heteroatoms. The van der Waals surface area contributed by atoms with E-state index in [1.165, 1.54) is 12.8 Å². The zero-order chi connectivity index (χ0) is 16.5. The van der Waals surface area contributed by atoms with Gasteiger partial charge in [-0.3, -0.25) is 4.79 Å². The van der Waals surface area contributed by atoms with Crippen LogP contribution in [0.15, 0.2) is 34.9 Å². The molecule has 4 rings (SSSR count). The molecule has 3 heterocycles. The molecule has 0 unspecified atom stereocenters. The molecule has 1 aliphatic rings. The number of furan rings is 1. The van der Waals surface area contributed by atoms with Crippen molar-refractivity contribution in [3.05, 3.63) is 41.9 Å². The highest BCUT2D eigenvalue weighted by atomic mass is 16.3. The van der Waals surface area contributed by atoms with E-state index in [4.69, 9.17) is 4.42 Å². The third kappa shape index (κ3) is 2.68. The van der Waals surface area contributed by atoms with Crippen molar-refractivity contribution in [2.24, 2.45) is 0 Å². The summed E-state index contributed by atoms with van der Waals surface area (Å²) in [4.78, 5) is 17.0. The van der Waals surface area contributed by atoms with Crippen LogP contribution in [-0.2, 0) is 6.42 Å². The van der Waals surface area contributed by atoms with E-state index >= 15 is 0 Å². The molecule has 1 saturated carbocycles. The van der Waals surface area contributed by atoms with Gasteiger partial charge in [0, 0.05) is 17.8 Å². The predicted molar refractivity (Wildman–Crippen MR) is 89.8 cm³/mol. The monoisotopic (exact) mass is 324 g/mol. The number of carbonyl (C=O) groups is 1. The number of nitrogens with one attached hydrogen (secondary N) is 1. The first-order chi connectivity index (χ1) is 11.7. The van der Waals surface area contributed by atoms with E-state index < -0.39 is 0 Å². The molecule has 0 bridgehead atoms. The van der Waals surface area contributed by atoms with Crippen molar-refractivity contribution < 1.29 is 9.21 Å². The second-order valence-corrected chi connectivity index (χ2v) is 6.22. The average molecular weight is 324 g/mol. The van der Waals surface area contributed by atoms with Crippen LogP contribution >= 0.6 is 0 Å². The normalized spacial score (nSPS) is 15.2. The quantitative estimate of drug-likeness (QED) is 0.800. The Bertz CT molecular complexity index is 861. The lowest BCUT2D eigenvalue weighted by Gasteiger charge is -2.12. The minimum absolute atomic E-state index is 0.0974. The van der Waals surface area contributed by atoms with Crippen molar-refractivity contribution in [2.75, 3.05) is 0 Å². The summed E-state index contributed by atoms with van der Waals surface area (Å²) in [6, 6.07) is 7.65. The van der Waals surface area contributed by atoms with Crippen molar-refractivity contribution in [3.63, 3.8) is 0 Å². The minimum Gasteiger partial charge on any atom is -0.463 e. The summed E-state index contributed by atoms with van der Waals surface area (Å²) in [5.41, 5.74) is 2.79. The maximum atomic E-state index is 12.5. The summed E-state index contributed by atoms with van der Waals surface area (Å²) < 4.78 is 7.19. The van der Waals surface area contributed by atoms with Gasteiger partial charge < -0.3 is 9.73 Å². The Kier molecular flexibility index (Phi) is 3.80. The van der Waals surface area contributed by atoms with Gasteiger partial charge >= 0.3 is 0 Å². The van der Waals surface area contributed by atoms with Crippen LogP contribution in [0.2, 0.25) is 0 Å². The second kappa shape index (κ2) is 6.11. The Labute approximate surface area is 139 Å². The fourth-order valence-corrected chi connectivity index (χ4v) is 3.28. The molecule has 0 atom stereocenters. The van der Waals surface area contributed by atoms with Crippen molar-refractivity contribution in [3.8, 4) is 11.5 Å². The zero-order valence-electron chi connectivity index (χ0n) is 13.7. The molecule has 6 nitrogen and oxygen atoms in total. The van der Waals surface area contributed by atoms with Crippen molar-refractivity contribution >= 4 is 11.6 Å². The van der Waals surface area contributed by atoms with Crippen LogP contribution < -0.4 is 5.32 Å². The highest BCUT2D eigenvalue weighted by molar-refractivity contribution is 5.93. The summed E-state index contributed by atoms with van der Waals surface area (Å²) in [5, 5.41) is 7.65. The zero-order valence-corrected chi connectivity index (χ0v) is 13.7. The van der Waals surface area contributed by atoms with Crippen LogP contribution in [0.3, 0.4) is 0 Å². The molecule has 0 spiro atoms. The second-order valence-electron chi connectivity index (χ2n) is 6.22. The largest absolute Gasteiger partial charge is 0.463 e. The summed E-state index contributed by atoms with van der Waals surface area (Å²) in [6.45, 7) is 2.04. The molecular weight excluding hydrogens is 304 g/mol. The molecule has 1 amide bonds. The number of rotatable bonds is 4. The first-order valence-electron chi connectivity index (χ1n) is 8.49. The highest BCUT2D eigenvalue weighted by Crippen LogP contribution is 2.21. The van der Waals surface area contributed by atoms with E-state index in [9.17, 15) is 4.79 Å². The maximum Gasteiger partial charge on any atom is 0.270 e. The van der Waals surface area contributed by atoms with Gasteiger partial charge in [0.1, 0.15) is 11.4 Å². The number of aryl methyl sites for hydroxylation is 1. The molecule has 0 saturated heterocycles. The standard InChI is InChI=1S/C18H20N4O2/c1-2-13-10-15(18(23)19-12-6-3-4-7-12)20-17-11-14(21-22(13)17)16-8-5-9-24-16/h5,8-12H,2-4,6-7H2,1H3,(H,19,23). The maximum absolute atomic E-state index is 12.5. The molecule has 24 heavy (non-hydrogen) atoms. The summed E-state index contributed by atoms with van der Waals surface area (Å²) >= 11 is 0. The number of aromatic nitrogens is 3. The third-order valence-corrected chi connectivity index (χ3v) is 4.56. The number of hydrogen-bond donors (Lipinski definition) is 1. The summed E-state index contributed by atoms with van der Waals surface area (Å²) in [6.07, 6.45) is 6.88. The van der Waals surface area contributed by atoms with E-state index in [2.05, 4.69) is 15.4 Å². The van der Waals surface area contributed by atoms with Gasteiger partial charge in [0.2, 0.25) is 0 Å². The number of hydrogen-bond acceptors (Lipinski definition) is 4. The van der Waals surface area contributed by atoms with Gasteiger partial charge in [-0.05, 0) is 37.5 Å². The van der Waals surface area contributed by atoms with Crippen molar-refractivity contribution in [1.82, 2.24) is 19.9 Å². The first kappa shape index (κ1) is 14.9. The Morgan fingerprint density at radius 3 is 2.92 bits per heavy atom. The lowest BCUT2D eigenvalue weighted by molar-refractivity contribution is 0.0933. The lowest BCUT2D eigenvalue weighted by Crippen LogP contribution is -2.33. The molecule has 3 aromatic heterocycles. The number of fused-ring (bicyclic) bond motifs is 1. The molecule has 0 radical (unpaired) electrons. The molecule has 124 valence electrons. The topological polar surface area (TPSA) is 72.4 Å². The summed E-state index contributed by atoms with van der Waals surface area (Å²) in [7, 11) is 0. The third-order valence-electron chi connectivity index (χ3n) is 4.56. The molecular formula is C18H20N4O2. The predicted octanol–water partition coefficient (Wildman–Crippen LogP) is 3.22. The SMILES string of the molecule is CCc1cc(C(=O)NC2CCCC2)nc2cc(-c3ccco3)nn12. The Balaban J connectivity index is 1.70. The fourth-order valence-electron chi connectivity index (χ4n) is 3.28. The first-order valence-corrected chi connectivity index (χ1v) is 8.49. The molecule has 1 N–H and O–H groups in total. The van der Waals surface area contributed by atoms with Crippen LogP contribution in [0.1, 0.15) is 48.8 Å². The van der Waals surface area contributed by atoms with Crippen molar-refractivity contribution in [1.29, 1.82) is 0 Å². The fraction of sp³-hybridized carbons (Fsp3) is 0.389. The van der Waals surface area contributed by atoms with Gasteiger partial charge in [-0.2, -0.15) is 5.10 Å². The lowest BCUT2D eigenvalue weighted by atomic mass is 10.2. The van der Waals surface area contributed by atoms with Gasteiger partial charge in [-0.1, -0.05) is 19.8 Å². The van der Waals surface area contributed by atoms with E-state index in [0.717, 1.165) is 30.7 Å². The number of amides is 1. The molecule has 1 aliphatic carbocycles. The average Bonchev–Trinajstić information content (AvgIpc) is 3.33. The Hall–Kier alpha value is -2.63. The minimum atomic E-state index is -0.0974. The Morgan fingerprint density at radius 1 is 1.38 bits per heavy atom. The van der Waals surface area contributed by atoms with Gasteiger partial charge in [0.05, 0.1) is 6.26 Å². The number of carbonyl (C=O) groups excluding carboxylic acids is 1. The Morgan fingerprint density at radius 2 is 2.21 bits per heavy atom.